The SMILES string of the molecule is COc1ccc2c(O[C@@H]3C[C@H]4C(=O)N[C@]5(C(=O)NS(=O)(=O)C6CC6)C[C@H]5C=CCCCCC[C@H](CC(=O)N5CCC(F)(F)C5)C(=O)N4C3)cc(-c3ccccn3)nc2c1Cl. The van der Waals surface area contributed by atoms with Crippen molar-refractivity contribution in [1.82, 2.24) is 29.8 Å². The number of allylic oxidation sites excluding steroid dienone is 1. The summed E-state index contributed by atoms with van der Waals surface area (Å²) in [6.07, 6.45) is 7.68. The molecule has 4 amide bonds. The van der Waals surface area contributed by atoms with E-state index < -0.39 is 87.3 Å². The average Bonchev–Trinajstić information content (AvgIpc) is 4.12. The number of hydrogen-bond acceptors (Lipinski definition) is 10. The number of sulfonamides is 1. The van der Waals surface area contributed by atoms with Gasteiger partial charge in [0.2, 0.25) is 27.7 Å². The molecule has 8 rings (SSSR count). The van der Waals surface area contributed by atoms with Gasteiger partial charge in [0, 0.05) is 55.3 Å². The van der Waals surface area contributed by atoms with E-state index in [1.807, 2.05) is 12.2 Å². The van der Waals surface area contributed by atoms with Gasteiger partial charge in [-0.1, -0.05) is 42.7 Å². The van der Waals surface area contributed by atoms with Crippen molar-refractivity contribution in [3.63, 3.8) is 0 Å². The topological polar surface area (TPSA) is 177 Å². The molecule has 2 aliphatic carbocycles. The predicted octanol–water partition coefficient (Wildman–Crippen LogP) is 5.18. The number of pyridine rings is 2. The number of nitrogens with one attached hydrogen (secondary N) is 2. The zero-order valence-electron chi connectivity index (χ0n) is 33.1. The maximum Gasteiger partial charge on any atom is 0.267 e. The molecule has 320 valence electrons. The van der Waals surface area contributed by atoms with Crippen LogP contribution in [0.4, 0.5) is 8.78 Å². The van der Waals surface area contributed by atoms with Crippen molar-refractivity contribution in [2.75, 3.05) is 26.7 Å². The first-order valence-corrected chi connectivity index (χ1v) is 22.4. The van der Waals surface area contributed by atoms with Crippen LogP contribution in [0.5, 0.6) is 11.5 Å². The Morgan fingerprint density at radius 2 is 1.88 bits per heavy atom. The van der Waals surface area contributed by atoms with Crippen molar-refractivity contribution >= 4 is 56.2 Å². The summed E-state index contributed by atoms with van der Waals surface area (Å²) in [5, 5.41) is 2.94. The molecular weight excluding hydrogens is 822 g/mol. The largest absolute Gasteiger partial charge is 0.495 e. The highest BCUT2D eigenvalue weighted by atomic mass is 35.5. The second kappa shape index (κ2) is 16.5. The van der Waals surface area contributed by atoms with E-state index in [1.165, 1.54) is 12.0 Å². The van der Waals surface area contributed by atoms with Gasteiger partial charge in [-0.05, 0) is 62.8 Å². The third-order valence-corrected chi connectivity index (χ3v) is 14.4. The smallest absolute Gasteiger partial charge is 0.267 e. The molecule has 2 saturated heterocycles. The van der Waals surface area contributed by atoms with E-state index in [-0.39, 0.29) is 43.8 Å². The Balaban J connectivity index is 1.14. The van der Waals surface area contributed by atoms with Gasteiger partial charge in [-0.2, -0.15) is 0 Å². The lowest BCUT2D eigenvalue weighted by Crippen LogP contribution is -2.57. The van der Waals surface area contributed by atoms with E-state index in [1.54, 1.807) is 42.6 Å². The minimum absolute atomic E-state index is 0.0399. The number of carbonyl (C=O) groups excluding carboxylic acids is 4. The van der Waals surface area contributed by atoms with Crippen molar-refractivity contribution < 1.29 is 45.9 Å². The standard InChI is InChI=1S/C42H47ClF2N6O8S/c1-58-33-15-14-29-34(21-31(47-37(29)36(33)43)30-11-7-8-17-46-30)59-27-20-32-38(53)48-42(40(55)49-60(56,57)28-12-13-28)22-26(42)10-6-4-2-3-5-9-25(39(54)51(32)23-27)19-35(52)50-18-16-41(44,45)24-50/h6-8,10-11,14-15,17,21,25-28,32H,2-5,9,12-13,16,18-20,22-24H2,1H3,(H,48,53)(H,49,55)/t25-,26-,27-,32+,42-/m1/s1. The summed E-state index contributed by atoms with van der Waals surface area (Å²) in [5.74, 6) is -6.33. The van der Waals surface area contributed by atoms with Crippen LogP contribution < -0.4 is 19.5 Å². The lowest BCUT2D eigenvalue weighted by Gasteiger charge is -2.30. The molecule has 4 fully saturated rings. The summed E-state index contributed by atoms with van der Waals surface area (Å²) in [4.78, 5) is 68.4. The second-order valence-corrected chi connectivity index (χ2v) is 18.9. The second-order valence-electron chi connectivity index (χ2n) is 16.5. The highest BCUT2D eigenvalue weighted by Crippen LogP contribution is 2.46. The van der Waals surface area contributed by atoms with Gasteiger partial charge in [0.25, 0.3) is 11.8 Å². The fraction of sp³-hybridized carbons (Fsp3) is 0.524. The zero-order chi connectivity index (χ0) is 42.4. The van der Waals surface area contributed by atoms with Gasteiger partial charge < -0.3 is 24.6 Å². The van der Waals surface area contributed by atoms with Crippen LogP contribution in [0.3, 0.4) is 0 Å². The summed E-state index contributed by atoms with van der Waals surface area (Å²) in [6, 6.07) is 9.23. The van der Waals surface area contributed by atoms with E-state index in [2.05, 4.69) is 15.0 Å². The summed E-state index contributed by atoms with van der Waals surface area (Å²) in [6.45, 7) is -0.946. The number of benzene rings is 1. The van der Waals surface area contributed by atoms with E-state index in [0.29, 0.717) is 65.9 Å². The zero-order valence-corrected chi connectivity index (χ0v) is 34.7. The first kappa shape index (κ1) is 41.8. The van der Waals surface area contributed by atoms with Crippen molar-refractivity contribution in [2.45, 2.75) is 99.5 Å². The summed E-state index contributed by atoms with van der Waals surface area (Å²) in [7, 11) is -2.47. The molecule has 5 atom stereocenters. The van der Waals surface area contributed by atoms with E-state index in [4.69, 9.17) is 26.1 Å². The van der Waals surface area contributed by atoms with Gasteiger partial charge in [-0.15, -0.1) is 0 Å². The Labute approximate surface area is 351 Å². The number of likely N-dealkylation sites (tertiary alicyclic amines) is 1. The number of carbonyl (C=O) groups is 4. The van der Waals surface area contributed by atoms with Crippen molar-refractivity contribution in [3.05, 3.63) is 59.8 Å². The molecule has 60 heavy (non-hydrogen) atoms. The molecule has 5 aliphatic rings. The van der Waals surface area contributed by atoms with Crippen LogP contribution in [-0.2, 0) is 29.2 Å². The minimum Gasteiger partial charge on any atom is -0.495 e. The molecule has 18 heteroatoms. The van der Waals surface area contributed by atoms with Crippen molar-refractivity contribution in [2.24, 2.45) is 11.8 Å². The van der Waals surface area contributed by atoms with Gasteiger partial charge in [-0.3, -0.25) is 28.9 Å². The van der Waals surface area contributed by atoms with Gasteiger partial charge in [-0.25, -0.2) is 22.2 Å². The van der Waals surface area contributed by atoms with E-state index in [0.717, 1.165) is 11.3 Å². The van der Waals surface area contributed by atoms with E-state index >= 15 is 0 Å². The molecule has 5 heterocycles. The number of hydrogen-bond donors (Lipinski definition) is 2. The van der Waals surface area contributed by atoms with Crippen LogP contribution in [0.2, 0.25) is 5.02 Å². The van der Waals surface area contributed by atoms with Crippen LogP contribution in [0.1, 0.15) is 70.6 Å². The van der Waals surface area contributed by atoms with Crippen molar-refractivity contribution in [1.29, 1.82) is 0 Å². The summed E-state index contributed by atoms with van der Waals surface area (Å²) < 4.78 is 68.5. The van der Waals surface area contributed by atoms with Gasteiger partial charge in [0.05, 0.1) is 42.4 Å². The maximum absolute atomic E-state index is 14.8. The quantitative estimate of drug-likeness (QED) is 0.273. The highest BCUT2D eigenvalue weighted by molar-refractivity contribution is 7.91. The number of nitrogens with zero attached hydrogens (tertiary/aromatic N) is 4. The summed E-state index contributed by atoms with van der Waals surface area (Å²) >= 11 is 6.78. The molecule has 0 spiro atoms. The first-order chi connectivity index (χ1) is 28.7. The van der Waals surface area contributed by atoms with Crippen LogP contribution in [0.15, 0.2) is 54.7 Å². The minimum atomic E-state index is -3.95. The molecule has 2 aromatic heterocycles. The van der Waals surface area contributed by atoms with Gasteiger partial charge in [0.1, 0.15) is 34.2 Å². The predicted molar refractivity (Wildman–Crippen MR) is 217 cm³/mol. The fourth-order valence-electron chi connectivity index (χ4n) is 8.56. The number of halogens is 3. The number of methoxy groups -OCH3 is 1. The maximum atomic E-state index is 14.8. The molecule has 14 nitrogen and oxygen atoms in total. The number of rotatable bonds is 9. The number of aromatic nitrogens is 2. The Hall–Kier alpha value is -4.90. The van der Waals surface area contributed by atoms with Crippen LogP contribution in [0.25, 0.3) is 22.3 Å². The molecule has 0 radical (unpaired) electrons. The highest BCUT2D eigenvalue weighted by Gasteiger charge is 2.62. The summed E-state index contributed by atoms with van der Waals surface area (Å²) in [5.41, 5.74) is -0.249. The molecular formula is C42H47ClF2N6O8S. The fourth-order valence-corrected chi connectivity index (χ4v) is 10.2. The monoisotopic (exact) mass is 868 g/mol. The van der Waals surface area contributed by atoms with Gasteiger partial charge >= 0.3 is 0 Å². The first-order valence-electron chi connectivity index (χ1n) is 20.4. The van der Waals surface area contributed by atoms with Gasteiger partial charge in [0.15, 0.2) is 0 Å². The lowest BCUT2D eigenvalue weighted by molar-refractivity contribution is -0.145. The molecule has 0 unspecified atom stereocenters. The van der Waals surface area contributed by atoms with Crippen LogP contribution in [0, 0.1) is 11.8 Å². The Morgan fingerprint density at radius 1 is 1.07 bits per heavy atom. The number of amides is 4. The molecule has 3 aromatic rings. The average molecular weight is 869 g/mol. The Kier molecular flexibility index (Phi) is 11.5. The van der Waals surface area contributed by atoms with E-state index in [9.17, 15) is 36.4 Å². The van der Waals surface area contributed by atoms with Crippen LogP contribution >= 0.6 is 11.6 Å². The number of alkyl halides is 2. The Morgan fingerprint density at radius 3 is 2.60 bits per heavy atom. The third kappa shape index (κ3) is 8.65. The normalized spacial score (nSPS) is 27.0. The third-order valence-electron chi connectivity index (χ3n) is 12.2. The molecule has 2 N–H and O–H groups in total. The molecule has 1 aromatic carbocycles. The lowest BCUT2D eigenvalue weighted by atomic mass is 9.94. The number of fused-ring (bicyclic) bond motifs is 3. The molecule has 3 aliphatic heterocycles. The number of ether oxygens (including phenoxy) is 2. The van der Waals surface area contributed by atoms with Crippen molar-refractivity contribution in [3.8, 4) is 22.9 Å². The molecule has 2 saturated carbocycles. The van der Waals surface area contributed by atoms with Crippen LogP contribution in [-0.4, -0.2) is 107 Å². The molecule has 0 bridgehead atoms. The Bertz CT molecular complexity index is 2330.